The SMILES string of the molecule is Cc1ccc(N(C)C(=N)C2CC2)c(C)c1. The predicted molar refractivity (Wildman–Crippen MR) is 64.8 cm³/mol. The Morgan fingerprint density at radius 3 is 2.53 bits per heavy atom. The first-order chi connectivity index (χ1) is 7.09. The lowest BCUT2D eigenvalue weighted by Gasteiger charge is -2.22. The molecule has 0 radical (unpaired) electrons. The molecular formula is C13H18N2. The standard InChI is InChI=1S/C13H18N2/c1-9-4-7-12(10(2)8-9)15(3)13(14)11-5-6-11/h4,7-8,11,14H,5-6H2,1-3H3. The van der Waals surface area contributed by atoms with Gasteiger partial charge < -0.3 is 4.90 Å². The van der Waals surface area contributed by atoms with Gasteiger partial charge in [-0.05, 0) is 38.3 Å². The van der Waals surface area contributed by atoms with Crippen LogP contribution in [0.1, 0.15) is 24.0 Å². The quantitative estimate of drug-likeness (QED) is 0.579. The number of nitrogens with one attached hydrogen (secondary N) is 1. The lowest BCUT2D eigenvalue weighted by Crippen LogP contribution is -2.27. The minimum atomic E-state index is 0.510. The van der Waals surface area contributed by atoms with Crippen molar-refractivity contribution in [3.05, 3.63) is 29.3 Å². The Morgan fingerprint density at radius 2 is 2.00 bits per heavy atom. The van der Waals surface area contributed by atoms with Crippen molar-refractivity contribution in [1.29, 1.82) is 5.41 Å². The van der Waals surface area contributed by atoms with Crippen LogP contribution in [0.3, 0.4) is 0 Å². The molecule has 2 nitrogen and oxygen atoms in total. The summed E-state index contributed by atoms with van der Waals surface area (Å²) in [6.45, 7) is 4.21. The van der Waals surface area contributed by atoms with Crippen molar-refractivity contribution in [1.82, 2.24) is 0 Å². The highest BCUT2D eigenvalue weighted by molar-refractivity contribution is 5.98. The minimum absolute atomic E-state index is 0.510. The first kappa shape index (κ1) is 10.2. The van der Waals surface area contributed by atoms with Crippen molar-refractivity contribution in [2.75, 3.05) is 11.9 Å². The van der Waals surface area contributed by atoms with Crippen LogP contribution in [-0.2, 0) is 0 Å². The van der Waals surface area contributed by atoms with Crippen LogP contribution in [0, 0.1) is 25.2 Å². The number of hydrogen-bond acceptors (Lipinski definition) is 1. The summed E-state index contributed by atoms with van der Waals surface area (Å²) in [5.74, 6) is 1.28. The lowest BCUT2D eigenvalue weighted by atomic mass is 10.1. The Morgan fingerprint density at radius 1 is 1.33 bits per heavy atom. The van der Waals surface area contributed by atoms with Gasteiger partial charge in [-0.3, -0.25) is 5.41 Å². The number of aryl methyl sites for hydroxylation is 2. The highest BCUT2D eigenvalue weighted by Crippen LogP contribution is 2.33. The average Bonchev–Trinajstić information content (AvgIpc) is 2.99. The van der Waals surface area contributed by atoms with E-state index in [0.29, 0.717) is 5.92 Å². The number of anilines is 1. The van der Waals surface area contributed by atoms with Crippen molar-refractivity contribution in [2.24, 2.45) is 5.92 Å². The molecule has 0 amide bonds. The van der Waals surface area contributed by atoms with Crippen molar-refractivity contribution in [2.45, 2.75) is 26.7 Å². The molecule has 2 rings (SSSR count). The summed E-state index contributed by atoms with van der Waals surface area (Å²) < 4.78 is 0. The molecule has 1 aromatic carbocycles. The average molecular weight is 202 g/mol. The van der Waals surface area contributed by atoms with Gasteiger partial charge in [0.2, 0.25) is 0 Å². The van der Waals surface area contributed by atoms with Crippen molar-refractivity contribution in [3.8, 4) is 0 Å². The molecular weight excluding hydrogens is 184 g/mol. The van der Waals surface area contributed by atoms with Crippen molar-refractivity contribution < 1.29 is 0 Å². The van der Waals surface area contributed by atoms with Gasteiger partial charge in [-0.25, -0.2) is 0 Å². The van der Waals surface area contributed by atoms with Crippen LogP contribution in [-0.4, -0.2) is 12.9 Å². The van der Waals surface area contributed by atoms with E-state index in [1.165, 1.54) is 24.0 Å². The first-order valence-corrected chi connectivity index (χ1v) is 5.49. The maximum Gasteiger partial charge on any atom is 0.103 e. The molecule has 0 heterocycles. The van der Waals surface area contributed by atoms with Crippen molar-refractivity contribution >= 4 is 11.5 Å². The summed E-state index contributed by atoms with van der Waals surface area (Å²) >= 11 is 0. The van der Waals surface area contributed by atoms with Crippen LogP contribution in [0.5, 0.6) is 0 Å². The second kappa shape index (κ2) is 3.69. The Labute approximate surface area is 91.4 Å². The van der Waals surface area contributed by atoms with E-state index in [9.17, 15) is 0 Å². The Bertz CT molecular complexity index is 392. The highest BCUT2D eigenvalue weighted by Gasteiger charge is 2.29. The third-order valence-corrected chi connectivity index (χ3v) is 3.04. The molecule has 1 aliphatic carbocycles. The van der Waals surface area contributed by atoms with Gasteiger partial charge in [0.05, 0.1) is 0 Å². The van der Waals surface area contributed by atoms with Crippen LogP contribution in [0.25, 0.3) is 0 Å². The largest absolute Gasteiger partial charge is 0.333 e. The molecule has 0 bridgehead atoms. The van der Waals surface area contributed by atoms with E-state index in [1.807, 2.05) is 11.9 Å². The summed E-state index contributed by atoms with van der Waals surface area (Å²) in [6.07, 6.45) is 2.38. The normalized spacial score (nSPS) is 15.1. The van der Waals surface area contributed by atoms with Gasteiger partial charge in [0.25, 0.3) is 0 Å². The molecule has 0 spiro atoms. The van der Waals surface area contributed by atoms with E-state index in [2.05, 4.69) is 32.0 Å². The Kier molecular flexibility index (Phi) is 2.51. The number of benzene rings is 1. The summed E-state index contributed by atoms with van der Waals surface area (Å²) in [6, 6.07) is 6.40. The zero-order valence-electron chi connectivity index (χ0n) is 9.67. The number of rotatable bonds is 2. The molecule has 0 aliphatic heterocycles. The van der Waals surface area contributed by atoms with Gasteiger partial charge in [0.15, 0.2) is 0 Å². The van der Waals surface area contributed by atoms with Crippen LogP contribution >= 0.6 is 0 Å². The molecule has 2 heteroatoms. The third kappa shape index (κ3) is 2.04. The zero-order valence-corrected chi connectivity index (χ0v) is 9.67. The summed E-state index contributed by atoms with van der Waals surface area (Å²) in [5, 5.41) is 8.03. The number of hydrogen-bond donors (Lipinski definition) is 1. The number of amidine groups is 1. The fourth-order valence-electron chi connectivity index (χ4n) is 1.94. The van der Waals surface area contributed by atoms with Gasteiger partial charge >= 0.3 is 0 Å². The van der Waals surface area contributed by atoms with E-state index in [1.54, 1.807) is 0 Å². The molecule has 0 unspecified atom stereocenters. The fraction of sp³-hybridized carbons (Fsp3) is 0.462. The van der Waals surface area contributed by atoms with Gasteiger partial charge in [0, 0.05) is 18.7 Å². The molecule has 80 valence electrons. The minimum Gasteiger partial charge on any atom is -0.333 e. The molecule has 1 aliphatic rings. The maximum atomic E-state index is 8.03. The summed E-state index contributed by atoms with van der Waals surface area (Å²) in [7, 11) is 2.00. The molecule has 0 aromatic heterocycles. The zero-order chi connectivity index (χ0) is 11.0. The van der Waals surface area contributed by atoms with Gasteiger partial charge in [-0.2, -0.15) is 0 Å². The second-order valence-corrected chi connectivity index (χ2v) is 4.51. The van der Waals surface area contributed by atoms with E-state index in [4.69, 9.17) is 5.41 Å². The molecule has 1 N–H and O–H groups in total. The van der Waals surface area contributed by atoms with E-state index in [-0.39, 0.29) is 0 Å². The monoisotopic (exact) mass is 202 g/mol. The van der Waals surface area contributed by atoms with Crippen molar-refractivity contribution in [3.63, 3.8) is 0 Å². The summed E-state index contributed by atoms with van der Waals surface area (Å²) in [4.78, 5) is 2.02. The smallest absolute Gasteiger partial charge is 0.103 e. The van der Waals surface area contributed by atoms with Crippen LogP contribution in [0.4, 0.5) is 5.69 Å². The number of nitrogens with zero attached hydrogens (tertiary/aromatic N) is 1. The molecule has 1 fully saturated rings. The highest BCUT2D eigenvalue weighted by atomic mass is 15.2. The second-order valence-electron chi connectivity index (χ2n) is 4.51. The molecule has 0 saturated heterocycles. The topological polar surface area (TPSA) is 27.1 Å². The molecule has 15 heavy (non-hydrogen) atoms. The Balaban J connectivity index is 2.24. The van der Waals surface area contributed by atoms with Crippen LogP contribution in [0.15, 0.2) is 18.2 Å². The third-order valence-electron chi connectivity index (χ3n) is 3.04. The van der Waals surface area contributed by atoms with Crippen LogP contribution in [0.2, 0.25) is 0 Å². The Hall–Kier alpha value is -1.31. The molecule has 1 saturated carbocycles. The van der Waals surface area contributed by atoms with E-state index in [0.717, 1.165) is 11.5 Å². The lowest BCUT2D eigenvalue weighted by molar-refractivity contribution is 1.06. The maximum absolute atomic E-state index is 8.03. The van der Waals surface area contributed by atoms with E-state index < -0.39 is 0 Å². The summed E-state index contributed by atoms with van der Waals surface area (Å²) in [5.41, 5.74) is 3.70. The van der Waals surface area contributed by atoms with Gasteiger partial charge in [-0.15, -0.1) is 0 Å². The van der Waals surface area contributed by atoms with Crippen LogP contribution < -0.4 is 4.90 Å². The molecule has 1 aromatic rings. The van der Waals surface area contributed by atoms with Gasteiger partial charge in [-0.1, -0.05) is 17.7 Å². The van der Waals surface area contributed by atoms with Gasteiger partial charge in [0.1, 0.15) is 5.84 Å². The molecule has 0 atom stereocenters. The first-order valence-electron chi connectivity index (χ1n) is 5.49. The fourth-order valence-corrected chi connectivity index (χ4v) is 1.94. The predicted octanol–water partition coefficient (Wildman–Crippen LogP) is 3.13. The van der Waals surface area contributed by atoms with E-state index >= 15 is 0 Å².